The van der Waals surface area contributed by atoms with Crippen molar-refractivity contribution in [2.75, 3.05) is 7.11 Å². The summed E-state index contributed by atoms with van der Waals surface area (Å²) in [4.78, 5) is 0. The second kappa shape index (κ2) is 7.64. The van der Waals surface area contributed by atoms with Crippen LogP contribution in [0.4, 0.5) is 0 Å². The molecule has 0 spiro atoms. The molecule has 0 radical (unpaired) electrons. The first-order chi connectivity index (χ1) is 5.35. The monoisotopic (exact) mass is 156 g/mol. The van der Waals surface area contributed by atoms with Gasteiger partial charge >= 0.3 is 0 Å². The van der Waals surface area contributed by atoms with Gasteiger partial charge in [0.1, 0.15) is 0 Å². The minimum Gasteiger partial charge on any atom is -0.501 e. The van der Waals surface area contributed by atoms with E-state index in [0.717, 1.165) is 18.6 Å². The quantitative estimate of drug-likeness (QED) is 0.535. The highest BCUT2D eigenvalue weighted by atomic mass is 16.5. The maximum Gasteiger partial charge on any atom is 0.0915 e. The molecule has 0 bridgehead atoms. The molecule has 0 amide bonds. The van der Waals surface area contributed by atoms with Crippen LogP contribution in [0.2, 0.25) is 0 Å². The normalized spacial score (nSPS) is 11.7. The Bertz CT molecular complexity index is 105. The van der Waals surface area contributed by atoms with Gasteiger partial charge in [0, 0.05) is 6.42 Å². The van der Waals surface area contributed by atoms with Gasteiger partial charge in [0.15, 0.2) is 0 Å². The Morgan fingerprint density at radius 1 is 1.27 bits per heavy atom. The predicted octanol–water partition coefficient (Wildman–Crippen LogP) is 3.51. The smallest absolute Gasteiger partial charge is 0.0915 e. The predicted molar refractivity (Wildman–Crippen MR) is 49.5 cm³/mol. The number of ether oxygens (including phenoxy) is 1. The first-order valence-electron chi connectivity index (χ1n) is 4.58. The summed E-state index contributed by atoms with van der Waals surface area (Å²) in [6.45, 7) is 4.39. The van der Waals surface area contributed by atoms with Crippen molar-refractivity contribution < 1.29 is 4.74 Å². The molecule has 1 heteroatoms. The zero-order chi connectivity index (χ0) is 8.53. The van der Waals surface area contributed by atoms with Crippen molar-refractivity contribution in [2.24, 2.45) is 0 Å². The first kappa shape index (κ1) is 10.5. The third-order valence-corrected chi connectivity index (χ3v) is 1.70. The molecule has 0 fully saturated rings. The van der Waals surface area contributed by atoms with Crippen LogP contribution in [0, 0.1) is 0 Å². The molecule has 0 unspecified atom stereocenters. The zero-order valence-electron chi connectivity index (χ0n) is 8.02. The van der Waals surface area contributed by atoms with E-state index in [1.54, 1.807) is 7.11 Å². The van der Waals surface area contributed by atoms with Gasteiger partial charge in [-0.3, -0.25) is 0 Å². The maximum atomic E-state index is 5.22. The van der Waals surface area contributed by atoms with E-state index in [0.29, 0.717) is 0 Å². The topological polar surface area (TPSA) is 9.23 Å². The lowest BCUT2D eigenvalue weighted by Gasteiger charge is -2.04. The molecule has 0 N–H and O–H groups in total. The van der Waals surface area contributed by atoms with Crippen LogP contribution < -0.4 is 0 Å². The Hall–Kier alpha value is -0.460. The third kappa shape index (κ3) is 5.96. The molecule has 0 aliphatic carbocycles. The zero-order valence-corrected chi connectivity index (χ0v) is 8.02. The summed E-state index contributed by atoms with van der Waals surface area (Å²) in [6.07, 6.45) is 8.14. The molecule has 0 aliphatic rings. The van der Waals surface area contributed by atoms with Gasteiger partial charge in [0.2, 0.25) is 0 Å². The Morgan fingerprint density at radius 3 is 2.45 bits per heavy atom. The lowest BCUT2D eigenvalue weighted by atomic mass is 10.2. The van der Waals surface area contributed by atoms with E-state index in [9.17, 15) is 0 Å². The van der Waals surface area contributed by atoms with Crippen molar-refractivity contribution in [3.05, 3.63) is 11.8 Å². The molecule has 0 aromatic heterocycles. The Labute approximate surface area is 70.4 Å². The molecule has 0 aromatic rings. The van der Waals surface area contributed by atoms with Crippen LogP contribution in [0.15, 0.2) is 11.8 Å². The second-order valence-electron chi connectivity index (χ2n) is 2.77. The molecule has 66 valence electrons. The van der Waals surface area contributed by atoms with Crippen LogP contribution >= 0.6 is 0 Å². The molecule has 0 saturated heterocycles. The van der Waals surface area contributed by atoms with Gasteiger partial charge in [0.25, 0.3) is 0 Å². The fourth-order valence-corrected chi connectivity index (χ4v) is 0.944. The lowest BCUT2D eigenvalue weighted by Crippen LogP contribution is -1.86. The molecular weight excluding hydrogens is 136 g/mol. The van der Waals surface area contributed by atoms with E-state index in [1.807, 2.05) is 0 Å². The Balaban J connectivity index is 3.55. The van der Waals surface area contributed by atoms with Gasteiger partial charge in [-0.05, 0) is 18.9 Å². The van der Waals surface area contributed by atoms with Crippen LogP contribution in [0.25, 0.3) is 0 Å². The standard InChI is InChI=1S/C10H20O/c1-4-6-8-10(11-3)9-7-5-2/h8H,4-7,9H2,1-3H3/b10-8-. The number of unbranched alkanes of at least 4 members (excludes halogenated alkanes) is 2. The highest BCUT2D eigenvalue weighted by Gasteiger charge is 1.93. The molecule has 1 nitrogen and oxygen atoms in total. The van der Waals surface area contributed by atoms with E-state index in [1.165, 1.54) is 19.3 Å². The van der Waals surface area contributed by atoms with Crippen LogP contribution in [0.1, 0.15) is 46.0 Å². The van der Waals surface area contributed by atoms with E-state index < -0.39 is 0 Å². The van der Waals surface area contributed by atoms with Crippen molar-refractivity contribution in [3.63, 3.8) is 0 Å². The minimum absolute atomic E-state index is 1.10. The van der Waals surface area contributed by atoms with Crippen molar-refractivity contribution in [3.8, 4) is 0 Å². The lowest BCUT2D eigenvalue weighted by molar-refractivity contribution is 0.272. The number of hydrogen-bond acceptors (Lipinski definition) is 1. The van der Waals surface area contributed by atoms with Crippen molar-refractivity contribution in [2.45, 2.75) is 46.0 Å². The largest absolute Gasteiger partial charge is 0.501 e. The van der Waals surface area contributed by atoms with Crippen LogP contribution in [0.3, 0.4) is 0 Å². The minimum atomic E-state index is 1.10. The van der Waals surface area contributed by atoms with Crippen LogP contribution in [0.5, 0.6) is 0 Å². The molecule has 11 heavy (non-hydrogen) atoms. The van der Waals surface area contributed by atoms with E-state index >= 15 is 0 Å². The van der Waals surface area contributed by atoms with Gasteiger partial charge in [-0.2, -0.15) is 0 Å². The van der Waals surface area contributed by atoms with Gasteiger partial charge < -0.3 is 4.74 Å². The van der Waals surface area contributed by atoms with E-state index in [4.69, 9.17) is 4.74 Å². The van der Waals surface area contributed by atoms with Gasteiger partial charge in [0.05, 0.1) is 12.9 Å². The molecule has 0 aromatic carbocycles. The summed E-state index contributed by atoms with van der Waals surface area (Å²) in [6, 6.07) is 0. The highest BCUT2D eigenvalue weighted by molar-refractivity contribution is 4.92. The third-order valence-electron chi connectivity index (χ3n) is 1.70. The molecule has 0 saturated carbocycles. The van der Waals surface area contributed by atoms with Gasteiger partial charge in [-0.25, -0.2) is 0 Å². The average molecular weight is 156 g/mol. The molecule has 0 heterocycles. The maximum absolute atomic E-state index is 5.22. The van der Waals surface area contributed by atoms with Gasteiger partial charge in [-0.1, -0.05) is 26.7 Å². The number of hydrogen-bond donors (Lipinski definition) is 0. The Kier molecular flexibility index (Phi) is 7.33. The summed E-state index contributed by atoms with van der Waals surface area (Å²) in [5, 5.41) is 0. The van der Waals surface area contributed by atoms with Crippen LogP contribution in [-0.4, -0.2) is 7.11 Å². The summed E-state index contributed by atoms with van der Waals surface area (Å²) in [5.41, 5.74) is 0. The van der Waals surface area contributed by atoms with E-state index in [-0.39, 0.29) is 0 Å². The van der Waals surface area contributed by atoms with Crippen molar-refractivity contribution >= 4 is 0 Å². The van der Waals surface area contributed by atoms with Crippen molar-refractivity contribution in [1.82, 2.24) is 0 Å². The van der Waals surface area contributed by atoms with E-state index in [2.05, 4.69) is 19.9 Å². The number of methoxy groups -OCH3 is 1. The van der Waals surface area contributed by atoms with Crippen LogP contribution in [-0.2, 0) is 4.74 Å². The summed E-state index contributed by atoms with van der Waals surface area (Å²) >= 11 is 0. The highest BCUT2D eigenvalue weighted by Crippen LogP contribution is 2.09. The summed E-state index contributed by atoms with van der Waals surface area (Å²) < 4.78 is 5.22. The Morgan fingerprint density at radius 2 is 2.00 bits per heavy atom. The molecular formula is C10H20O. The first-order valence-corrected chi connectivity index (χ1v) is 4.58. The fourth-order valence-electron chi connectivity index (χ4n) is 0.944. The fraction of sp³-hybridized carbons (Fsp3) is 0.800. The summed E-state index contributed by atoms with van der Waals surface area (Å²) in [5.74, 6) is 1.16. The molecule has 0 atom stereocenters. The molecule has 0 rings (SSSR count). The number of allylic oxidation sites excluding steroid dienone is 2. The van der Waals surface area contributed by atoms with Crippen molar-refractivity contribution in [1.29, 1.82) is 0 Å². The SMILES string of the molecule is CCC/C=C(/CCCC)OC. The van der Waals surface area contributed by atoms with Gasteiger partial charge in [-0.15, -0.1) is 0 Å². The second-order valence-corrected chi connectivity index (χ2v) is 2.77. The molecule has 0 aliphatic heterocycles. The number of rotatable bonds is 6. The summed E-state index contributed by atoms with van der Waals surface area (Å²) in [7, 11) is 1.76. The average Bonchev–Trinajstić information content (AvgIpc) is 2.05.